The fraction of sp³-hybridized carbons (Fsp3) is 0.429. The van der Waals surface area contributed by atoms with Crippen molar-refractivity contribution in [3.8, 4) is 5.75 Å². The van der Waals surface area contributed by atoms with Crippen molar-refractivity contribution in [1.29, 1.82) is 0 Å². The van der Waals surface area contributed by atoms with Crippen molar-refractivity contribution in [3.63, 3.8) is 0 Å². The zero-order valence-electron chi connectivity index (χ0n) is 11.8. The third kappa shape index (κ3) is 4.09. The first-order valence-electron chi connectivity index (χ1n) is 6.57. The van der Waals surface area contributed by atoms with Gasteiger partial charge in [-0.15, -0.1) is 12.4 Å². The normalized spacial score (nSPS) is 15.6. The summed E-state index contributed by atoms with van der Waals surface area (Å²) < 4.78 is 5.32. The molecule has 2 amide bonds. The van der Waals surface area contributed by atoms with Gasteiger partial charge in [-0.2, -0.15) is 0 Å². The van der Waals surface area contributed by atoms with Gasteiger partial charge in [0.15, 0.2) is 0 Å². The maximum absolute atomic E-state index is 11.8. The highest BCUT2D eigenvalue weighted by Crippen LogP contribution is 2.36. The largest absolute Gasteiger partial charge is 0.496 e. The third-order valence-electron chi connectivity index (χ3n) is 3.41. The van der Waals surface area contributed by atoms with Crippen LogP contribution in [0.2, 0.25) is 0 Å². The summed E-state index contributed by atoms with van der Waals surface area (Å²) in [6.07, 6.45) is 1.71. The van der Waals surface area contributed by atoms with Gasteiger partial charge in [0.2, 0.25) is 11.8 Å². The summed E-state index contributed by atoms with van der Waals surface area (Å²) in [4.78, 5) is 22.8. The van der Waals surface area contributed by atoms with E-state index in [4.69, 9.17) is 10.5 Å². The predicted molar refractivity (Wildman–Crippen MR) is 81.5 cm³/mol. The minimum atomic E-state index is -0.339. The first-order chi connectivity index (χ1) is 9.65. The second-order valence-corrected chi connectivity index (χ2v) is 4.67. The highest BCUT2D eigenvalue weighted by Gasteiger charge is 2.26. The van der Waals surface area contributed by atoms with Gasteiger partial charge in [0.25, 0.3) is 0 Å². The number of carbonyl (C=O) groups excluding carboxylic acids is 2. The highest BCUT2D eigenvalue weighted by molar-refractivity contribution is 5.86. The van der Waals surface area contributed by atoms with Gasteiger partial charge in [0.1, 0.15) is 5.75 Å². The van der Waals surface area contributed by atoms with Crippen LogP contribution < -0.4 is 21.1 Å². The number of amides is 2. The van der Waals surface area contributed by atoms with Crippen LogP contribution in [0.3, 0.4) is 0 Å². The number of carbonyl (C=O) groups is 2. The van der Waals surface area contributed by atoms with Gasteiger partial charge < -0.3 is 21.1 Å². The van der Waals surface area contributed by atoms with Gasteiger partial charge in [-0.3, -0.25) is 9.59 Å². The lowest BCUT2D eigenvalue weighted by Crippen LogP contribution is -2.40. The van der Waals surface area contributed by atoms with E-state index in [1.807, 2.05) is 18.2 Å². The molecular formula is C14H20ClN3O3. The summed E-state index contributed by atoms with van der Waals surface area (Å²) in [5, 5.41) is 5.37. The molecule has 0 radical (unpaired) electrons. The zero-order chi connectivity index (χ0) is 14.5. The first kappa shape index (κ1) is 17.3. The molecule has 1 atom stereocenters. The van der Waals surface area contributed by atoms with Gasteiger partial charge in [-0.1, -0.05) is 12.1 Å². The van der Waals surface area contributed by atoms with Gasteiger partial charge in [-0.05, 0) is 30.0 Å². The summed E-state index contributed by atoms with van der Waals surface area (Å²) in [7, 11) is 1.64. The summed E-state index contributed by atoms with van der Waals surface area (Å²) in [5.74, 6) is 0.303. The number of nitrogens with one attached hydrogen (secondary N) is 2. The first-order valence-corrected chi connectivity index (χ1v) is 6.57. The van der Waals surface area contributed by atoms with Gasteiger partial charge in [-0.25, -0.2) is 0 Å². The summed E-state index contributed by atoms with van der Waals surface area (Å²) >= 11 is 0. The Morgan fingerprint density at radius 3 is 2.81 bits per heavy atom. The third-order valence-corrected chi connectivity index (χ3v) is 3.41. The van der Waals surface area contributed by atoms with E-state index in [-0.39, 0.29) is 43.4 Å². The molecule has 0 bridgehead atoms. The maximum Gasteiger partial charge on any atom is 0.239 e. The van der Waals surface area contributed by atoms with Crippen LogP contribution >= 0.6 is 12.4 Å². The Hall–Kier alpha value is -1.79. The average molecular weight is 314 g/mol. The minimum Gasteiger partial charge on any atom is -0.496 e. The van der Waals surface area contributed by atoms with Crippen LogP contribution in [-0.2, 0) is 16.0 Å². The van der Waals surface area contributed by atoms with Crippen molar-refractivity contribution in [2.24, 2.45) is 5.73 Å². The molecular weight excluding hydrogens is 294 g/mol. The number of hydrogen-bond acceptors (Lipinski definition) is 4. The number of hydrogen-bond donors (Lipinski definition) is 3. The lowest BCUT2D eigenvalue weighted by atomic mass is 10.1. The average Bonchev–Trinajstić information content (AvgIpc) is 2.87. The predicted octanol–water partition coefficient (Wildman–Crippen LogP) is 0.295. The molecule has 0 aromatic heterocycles. The zero-order valence-corrected chi connectivity index (χ0v) is 12.7. The Kier molecular flexibility index (Phi) is 6.45. The molecule has 0 saturated heterocycles. The molecule has 21 heavy (non-hydrogen) atoms. The molecule has 0 aliphatic heterocycles. The molecule has 0 saturated carbocycles. The Morgan fingerprint density at radius 2 is 2.14 bits per heavy atom. The molecule has 116 valence electrons. The molecule has 1 aromatic carbocycles. The Bertz CT molecular complexity index is 522. The molecule has 0 fully saturated rings. The van der Waals surface area contributed by atoms with Crippen molar-refractivity contribution in [2.75, 3.05) is 20.2 Å². The van der Waals surface area contributed by atoms with Crippen molar-refractivity contribution in [2.45, 2.75) is 18.9 Å². The van der Waals surface area contributed by atoms with Crippen LogP contribution in [0.15, 0.2) is 18.2 Å². The topological polar surface area (TPSA) is 93.5 Å². The maximum atomic E-state index is 11.8. The molecule has 4 N–H and O–H groups in total. The van der Waals surface area contributed by atoms with Crippen LogP contribution in [0, 0.1) is 0 Å². The number of methoxy groups -OCH3 is 1. The molecule has 1 unspecified atom stereocenters. The lowest BCUT2D eigenvalue weighted by molar-refractivity contribution is -0.125. The molecule has 6 nitrogen and oxygen atoms in total. The lowest BCUT2D eigenvalue weighted by Gasteiger charge is -2.15. The number of nitrogens with two attached hydrogens (primary N) is 1. The van der Waals surface area contributed by atoms with E-state index in [1.54, 1.807) is 7.11 Å². The van der Waals surface area contributed by atoms with E-state index >= 15 is 0 Å². The number of halogens is 1. The van der Waals surface area contributed by atoms with Crippen LogP contribution in [0.1, 0.15) is 23.6 Å². The van der Waals surface area contributed by atoms with E-state index < -0.39 is 0 Å². The van der Waals surface area contributed by atoms with Gasteiger partial charge in [0.05, 0.1) is 26.2 Å². The van der Waals surface area contributed by atoms with Crippen molar-refractivity contribution < 1.29 is 14.3 Å². The molecule has 1 aromatic rings. The molecule has 7 heteroatoms. The number of benzene rings is 1. The molecule has 1 aliphatic carbocycles. The summed E-state index contributed by atoms with van der Waals surface area (Å²) in [6.45, 7) is -0.164. The quantitative estimate of drug-likeness (QED) is 0.728. The Labute approximate surface area is 129 Å². The summed E-state index contributed by atoms with van der Waals surface area (Å²) in [5.41, 5.74) is 7.39. The van der Waals surface area contributed by atoms with E-state index in [0.717, 1.165) is 29.7 Å². The molecule has 0 spiro atoms. The summed E-state index contributed by atoms with van der Waals surface area (Å²) in [6, 6.07) is 5.80. The van der Waals surface area contributed by atoms with Crippen LogP contribution in [0.5, 0.6) is 5.75 Å². The second-order valence-electron chi connectivity index (χ2n) is 4.67. The van der Waals surface area contributed by atoms with Crippen LogP contribution in [0.25, 0.3) is 0 Å². The van der Waals surface area contributed by atoms with Gasteiger partial charge >= 0.3 is 0 Å². The number of ether oxygens (including phenoxy) is 1. The SMILES string of the molecule is COc1cccc2c1CCC2NC(=O)CNC(=O)CN.Cl. The van der Waals surface area contributed by atoms with Crippen LogP contribution in [-0.4, -0.2) is 32.0 Å². The van der Waals surface area contributed by atoms with Crippen LogP contribution in [0.4, 0.5) is 0 Å². The standard InChI is InChI=1S/C14H19N3O3.ClH/c1-20-12-4-2-3-9-10(12)5-6-11(9)17-14(19)8-16-13(18)7-15;/h2-4,11H,5-8,15H2,1H3,(H,16,18)(H,17,19);1H. The van der Waals surface area contributed by atoms with Crippen molar-refractivity contribution >= 4 is 24.2 Å². The minimum absolute atomic E-state index is 0. The van der Waals surface area contributed by atoms with Crippen molar-refractivity contribution in [3.05, 3.63) is 29.3 Å². The monoisotopic (exact) mass is 313 g/mol. The number of fused-ring (bicyclic) bond motifs is 1. The van der Waals surface area contributed by atoms with E-state index in [9.17, 15) is 9.59 Å². The molecule has 2 rings (SSSR count). The fourth-order valence-corrected chi connectivity index (χ4v) is 2.46. The second kappa shape index (κ2) is 7.85. The van der Waals surface area contributed by atoms with Crippen molar-refractivity contribution in [1.82, 2.24) is 10.6 Å². The highest BCUT2D eigenvalue weighted by atomic mass is 35.5. The fourth-order valence-electron chi connectivity index (χ4n) is 2.46. The van der Waals surface area contributed by atoms with E-state index in [0.29, 0.717) is 0 Å². The molecule has 1 aliphatic rings. The Morgan fingerprint density at radius 1 is 1.38 bits per heavy atom. The molecule has 0 heterocycles. The Balaban J connectivity index is 0.00000220. The van der Waals surface area contributed by atoms with E-state index in [1.165, 1.54) is 0 Å². The van der Waals surface area contributed by atoms with Gasteiger partial charge in [0, 0.05) is 0 Å². The van der Waals surface area contributed by atoms with E-state index in [2.05, 4.69) is 10.6 Å². The smallest absolute Gasteiger partial charge is 0.239 e. The number of rotatable bonds is 5.